The van der Waals surface area contributed by atoms with Crippen molar-refractivity contribution in [1.29, 1.82) is 0 Å². The predicted octanol–water partition coefficient (Wildman–Crippen LogP) is 3.26. The van der Waals surface area contributed by atoms with Gasteiger partial charge in [0.2, 0.25) is 11.8 Å². The lowest BCUT2D eigenvalue weighted by Crippen LogP contribution is -2.36. The quantitative estimate of drug-likeness (QED) is 0.892. The van der Waals surface area contributed by atoms with Crippen molar-refractivity contribution in [2.24, 2.45) is 0 Å². The van der Waals surface area contributed by atoms with E-state index in [2.05, 4.69) is 10.6 Å². The molecule has 4 nitrogen and oxygen atoms in total. The van der Waals surface area contributed by atoms with E-state index >= 15 is 0 Å². The molecule has 0 fully saturated rings. The molecule has 2 aromatic carbocycles. The van der Waals surface area contributed by atoms with Crippen LogP contribution in [0.5, 0.6) is 0 Å². The molecular weight excluding hydrogens is 331 g/mol. The molecular formula is C18H16ClFN2O2. The van der Waals surface area contributed by atoms with E-state index in [9.17, 15) is 14.0 Å². The first-order valence-electron chi connectivity index (χ1n) is 7.64. The summed E-state index contributed by atoms with van der Waals surface area (Å²) in [5.74, 6) is -1.58. The van der Waals surface area contributed by atoms with Crippen molar-refractivity contribution in [1.82, 2.24) is 5.32 Å². The Morgan fingerprint density at radius 2 is 2.12 bits per heavy atom. The standard InChI is InChI=1S/C18H16ClFN2O2/c19-12-3-1-2-11(8-12)6-7-21-18(24)15-10-17(23)22-16-9-13(20)4-5-14(15)16/h1-5,8-9,15H,6-7,10H2,(H,21,24)(H,22,23). The van der Waals surface area contributed by atoms with Gasteiger partial charge in [0.05, 0.1) is 5.92 Å². The number of carbonyl (C=O) groups excluding carboxylic acids is 2. The van der Waals surface area contributed by atoms with Gasteiger partial charge in [-0.2, -0.15) is 0 Å². The van der Waals surface area contributed by atoms with Crippen molar-refractivity contribution in [3.8, 4) is 0 Å². The highest BCUT2D eigenvalue weighted by atomic mass is 35.5. The molecule has 0 aliphatic carbocycles. The number of rotatable bonds is 4. The summed E-state index contributed by atoms with van der Waals surface area (Å²) in [7, 11) is 0. The molecule has 2 aromatic rings. The fourth-order valence-electron chi connectivity index (χ4n) is 2.82. The van der Waals surface area contributed by atoms with Crippen LogP contribution in [0.15, 0.2) is 42.5 Å². The zero-order valence-electron chi connectivity index (χ0n) is 12.8. The van der Waals surface area contributed by atoms with Crippen LogP contribution in [-0.2, 0) is 16.0 Å². The third kappa shape index (κ3) is 3.74. The molecule has 0 spiro atoms. The van der Waals surface area contributed by atoms with Crippen LogP contribution in [0, 0.1) is 5.82 Å². The van der Waals surface area contributed by atoms with E-state index in [1.165, 1.54) is 12.1 Å². The highest BCUT2D eigenvalue weighted by molar-refractivity contribution is 6.30. The first-order chi connectivity index (χ1) is 11.5. The van der Waals surface area contributed by atoms with Gasteiger partial charge < -0.3 is 10.6 Å². The van der Waals surface area contributed by atoms with Crippen molar-refractivity contribution in [2.45, 2.75) is 18.8 Å². The Hall–Kier alpha value is -2.40. The van der Waals surface area contributed by atoms with Gasteiger partial charge in [-0.1, -0.05) is 29.8 Å². The van der Waals surface area contributed by atoms with Crippen LogP contribution in [0.2, 0.25) is 5.02 Å². The highest BCUT2D eigenvalue weighted by Crippen LogP contribution is 2.32. The summed E-state index contributed by atoms with van der Waals surface area (Å²) < 4.78 is 13.3. The normalized spacial score (nSPS) is 16.2. The Bertz CT molecular complexity index is 794. The van der Waals surface area contributed by atoms with Gasteiger partial charge in [-0.25, -0.2) is 4.39 Å². The molecule has 0 radical (unpaired) electrons. The molecule has 2 N–H and O–H groups in total. The average Bonchev–Trinajstić information content (AvgIpc) is 2.53. The minimum absolute atomic E-state index is 0.0572. The number of halogens is 2. The van der Waals surface area contributed by atoms with Crippen molar-refractivity contribution in [2.75, 3.05) is 11.9 Å². The van der Waals surface area contributed by atoms with E-state index in [0.717, 1.165) is 5.56 Å². The van der Waals surface area contributed by atoms with Gasteiger partial charge >= 0.3 is 0 Å². The second-order valence-corrected chi connectivity index (χ2v) is 6.14. The number of carbonyl (C=O) groups is 2. The van der Waals surface area contributed by atoms with Crippen molar-refractivity contribution >= 4 is 29.1 Å². The second kappa shape index (κ2) is 7.01. The molecule has 0 saturated carbocycles. The minimum atomic E-state index is -0.603. The number of nitrogens with one attached hydrogen (secondary N) is 2. The average molecular weight is 347 g/mol. The fourth-order valence-corrected chi connectivity index (χ4v) is 3.03. The molecule has 0 aromatic heterocycles. The summed E-state index contributed by atoms with van der Waals surface area (Å²) in [6.07, 6.45) is 0.698. The Kier molecular flexibility index (Phi) is 4.81. The summed E-state index contributed by atoms with van der Waals surface area (Å²) >= 11 is 5.93. The van der Waals surface area contributed by atoms with Crippen LogP contribution >= 0.6 is 11.6 Å². The fraction of sp³-hybridized carbons (Fsp3) is 0.222. The maximum Gasteiger partial charge on any atom is 0.228 e. The molecule has 2 amide bonds. The SMILES string of the molecule is O=C1CC(C(=O)NCCc2cccc(Cl)c2)c2ccc(F)cc2N1. The topological polar surface area (TPSA) is 58.2 Å². The van der Waals surface area contributed by atoms with Gasteiger partial charge in [0.15, 0.2) is 0 Å². The van der Waals surface area contributed by atoms with Crippen LogP contribution in [0.3, 0.4) is 0 Å². The number of amides is 2. The third-order valence-corrected chi connectivity index (χ3v) is 4.21. The highest BCUT2D eigenvalue weighted by Gasteiger charge is 2.30. The van der Waals surface area contributed by atoms with E-state index in [1.807, 2.05) is 18.2 Å². The molecule has 1 atom stereocenters. The van der Waals surface area contributed by atoms with Gasteiger partial charge in [-0.05, 0) is 41.8 Å². The molecule has 1 aliphatic heterocycles. The first-order valence-corrected chi connectivity index (χ1v) is 8.02. The Balaban J connectivity index is 1.66. The van der Waals surface area contributed by atoms with E-state index in [-0.39, 0.29) is 18.2 Å². The van der Waals surface area contributed by atoms with Gasteiger partial charge in [-0.15, -0.1) is 0 Å². The van der Waals surface area contributed by atoms with Crippen LogP contribution in [0.25, 0.3) is 0 Å². The van der Waals surface area contributed by atoms with Crippen LogP contribution in [0.1, 0.15) is 23.5 Å². The lowest BCUT2D eigenvalue weighted by molar-refractivity contribution is -0.126. The maximum atomic E-state index is 13.3. The minimum Gasteiger partial charge on any atom is -0.355 e. The number of benzene rings is 2. The smallest absolute Gasteiger partial charge is 0.228 e. The van der Waals surface area contributed by atoms with Crippen molar-refractivity contribution in [3.63, 3.8) is 0 Å². The van der Waals surface area contributed by atoms with Gasteiger partial charge in [0, 0.05) is 23.7 Å². The number of hydrogen-bond acceptors (Lipinski definition) is 2. The van der Waals surface area contributed by atoms with Crippen LogP contribution in [-0.4, -0.2) is 18.4 Å². The molecule has 124 valence electrons. The number of fused-ring (bicyclic) bond motifs is 1. The molecule has 1 heterocycles. The lowest BCUT2D eigenvalue weighted by atomic mass is 9.89. The van der Waals surface area contributed by atoms with Crippen molar-refractivity contribution in [3.05, 3.63) is 64.4 Å². The molecule has 3 rings (SSSR count). The Labute approximate surface area is 144 Å². The first kappa shape index (κ1) is 16.5. The van der Waals surface area contributed by atoms with Crippen molar-refractivity contribution < 1.29 is 14.0 Å². The third-order valence-electron chi connectivity index (χ3n) is 3.97. The molecule has 24 heavy (non-hydrogen) atoms. The summed E-state index contributed by atoms with van der Waals surface area (Å²) in [6, 6.07) is 11.5. The largest absolute Gasteiger partial charge is 0.355 e. The van der Waals surface area contributed by atoms with E-state index in [0.29, 0.717) is 29.2 Å². The van der Waals surface area contributed by atoms with E-state index < -0.39 is 11.7 Å². The summed E-state index contributed by atoms with van der Waals surface area (Å²) in [6.45, 7) is 0.438. The second-order valence-electron chi connectivity index (χ2n) is 5.71. The Morgan fingerprint density at radius 3 is 2.92 bits per heavy atom. The predicted molar refractivity (Wildman–Crippen MR) is 90.6 cm³/mol. The van der Waals surface area contributed by atoms with E-state index in [4.69, 9.17) is 11.6 Å². The van der Waals surface area contributed by atoms with E-state index in [1.54, 1.807) is 12.1 Å². The number of anilines is 1. The van der Waals surface area contributed by atoms with Gasteiger partial charge in [0.25, 0.3) is 0 Å². The molecule has 0 bridgehead atoms. The summed E-state index contributed by atoms with van der Waals surface area (Å²) in [4.78, 5) is 24.2. The van der Waals surface area contributed by atoms with Crippen LogP contribution in [0.4, 0.5) is 10.1 Å². The molecule has 6 heteroatoms. The zero-order chi connectivity index (χ0) is 17.1. The summed E-state index contributed by atoms with van der Waals surface area (Å²) in [5.41, 5.74) is 2.02. The van der Waals surface area contributed by atoms with Crippen LogP contribution < -0.4 is 10.6 Å². The molecule has 1 unspecified atom stereocenters. The Morgan fingerprint density at radius 1 is 1.29 bits per heavy atom. The molecule has 1 aliphatic rings. The number of hydrogen-bond donors (Lipinski definition) is 2. The zero-order valence-corrected chi connectivity index (χ0v) is 13.6. The lowest BCUT2D eigenvalue weighted by Gasteiger charge is -2.24. The molecule has 0 saturated heterocycles. The summed E-state index contributed by atoms with van der Waals surface area (Å²) in [5, 5.41) is 6.09. The monoisotopic (exact) mass is 346 g/mol. The maximum absolute atomic E-state index is 13.3. The van der Waals surface area contributed by atoms with Gasteiger partial charge in [0.1, 0.15) is 5.82 Å². The van der Waals surface area contributed by atoms with Gasteiger partial charge in [-0.3, -0.25) is 9.59 Å².